The largest absolute Gasteiger partial charge is 0.288 e. The number of nitrogens with zero attached hydrogens (tertiary/aromatic N) is 1. The van der Waals surface area contributed by atoms with Gasteiger partial charge in [-0.15, -0.1) is 0 Å². The number of amides is 1. The number of rotatable bonds is 3. The molecule has 108 valence electrons. The first kappa shape index (κ1) is 14.0. The van der Waals surface area contributed by atoms with E-state index in [1.54, 1.807) is 23.8 Å². The van der Waals surface area contributed by atoms with E-state index in [-0.39, 0.29) is 0 Å². The lowest BCUT2D eigenvalue weighted by Crippen LogP contribution is -2.18. The number of nitrogens with one attached hydrogen (secondary N) is 1. The van der Waals surface area contributed by atoms with Gasteiger partial charge in [0.2, 0.25) is 0 Å². The van der Waals surface area contributed by atoms with Gasteiger partial charge in [-0.1, -0.05) is 54.6 Å². The highest BCUT2D eigenvalue weighted by Crippen LogP contribution is 2.24. The third-order valence-corrected chi connectivity index (χ3v) is 3.41. The summed E-state index contributed by atoms with van der Waals surface area (Å²) in [6.45, 7) is 0. The molecule has 2 aromatic carbocycles. The lowest BCUT2D eigenvalue weighted by Gasteiger charge is -2.06. The Labute approximate surface area is 128 Å². The van der Waals surface area contributed by atoms with Gasteiger partial charge in [0.15, 0.2) is 0 Å². The Bertz CT molecular complexity index is 784. The van der Waals surface area contributed by atoms with Gasteiger partial charge >= 0.3 is 0 Å². The zero-order valence-electron chi connectivity index (χ0n) is 11.7. The maximum Gasteiger partial charge on any atom is 0.274 e. The van der Waals surface area contributed by atoms with Gasteiger partial charge in [0.1, 0.15) is 0 Å². The predicted octanol–water partition coefficient (Wildman–Crippen LogP) is 3.53. The van der Waals surface area contributed by atoms with Crippen LogP contribution in [0.5, 0.6) is 0 Å². The van der Waals surface area contributed by atoms with E-state index in [1.165, 1.54) is 0 Å². The zero-order chi connectivity index (χ0) is 15.4. The van der Waals surface area contributed by atoms with Gasteiger partial charge in [0.05, 0.1) is 5.69 Å². The molecule has 0 aliphatic heterocycles. The Hall–Kier alpha value is -2.98. The van der Waals surface area contributed by atoms with Crippen LogP contribution in [-0.2, 0) is 0 Å². The van der Waals surface area contributed by atoms with Crippen LogP contribution in [0.25, 0.3) is 22.4 Å². The molecule has 0 spiro atoms. The predicted molar refractivity (Wildman–Crippen MR) is 84.4 cm³/mol. The van der Waals surface area contributed by atoms with E-state index >= 15 is 0 Å². The topological polar surface area (TPSA) is 62.2 Å². The minimum atomic E-state index is -0.551. The van der Waals surface area contributed by atoms with Crippen LogP contribution in [0.2, 0.25) is 0 Å². The summed E-state index contributed by atoms with van der Waals surface area (Å²) >= 11 is 0. The van der Waals surface area contributed by atoms with Crippen molar-refractivity contribution in [3.63, 3.8) is 0 Å². The summed E-state index contributed by atoms with van der Waals surface area (Å²) in [7, 11) is 0. The quantitative estimate of drug-likeness (QED) is 0.573. The number of carbonyl (C=O) groups is 1. The normalized spacial score (nSPS) is 10.2. The number of pyridine rings is 1. The van der Waals surface area contributed by atoms with Crippen LogP contribution in [0.4, 0.5) is 0 Å². The van der Waals surface area contributed by atoms with E-state index in [0.717, 1.165) is 16.7 Å². The number of hydrogen-bond acceptors (Lipinski definition) is 3. The lowest BCUT2D eigenvalue weighted by molar-refractivity contribution is 0.0706. The molecule has 0 saturated carbocycles. The second-order valence-corrected chi connectivity index (χ2v) is 4.81. The summed E-state index contributed by atoms with van der Waals surface area (Å²) in [5.74, 6) is -0.551. The van der Waals surface area contributed by atoms with E-state index in [0.29, 0.717) is 11.3 Å². The van der Waals surface area contributed by atoms with Crippen LogP contribution in [0.15, 0.2) is 72.9 Å². The summed E-state index contributed by atoms with van der Waals surface area (Å²) < 4.78 is 0. The summed E-state index contributed by atoms with van der Waals surface area (Å²) in [5, 5.41) is 8.69. The molecule has 22 heavy (non-hydrogen) atoms. The second kappa shape index (κ2) is 6.20. The Morgan fingerprint density at radius 1 is 0.864 bits per heavy atom. The maximum absolute atomic E-state index is 11.4. The van der Waals surface area contributed by atoms with Gasteiger partial charge in [-0.25, -0.2) is 5.48 Å². The van der Waals surface area contributed by atoms with Gasteiger partial charge in [-0.05, 0) is 23.3 Å². The van der Waals surface area contributed by atoms with Crippen LogP contribution >= 0.6 is 0 Å². The molecule has 0 radical (unpaired) electrons. The van der Waals surface area contributed by atoms with Crippen LogP contribution in [0, 0.1) is 0 Å². The van der Waals surface area contributed by atoms with Crippen molar-refractivity contribution >= 4 is 5.91 Å². The Morgan fingerprint density at radius 2 is 1.50 bits per heavy atom. The van der Waals surface area contributed by atoms with Crippen molar-refractivity contribution in [3.8, 4) is 22.4 Å². The average molecular weight is 290 g/mol. The fourth-order valence-electron chi connectivity index (χ4n) is 2.26. The number of hydroxylamine groups is 1. The third-order valence-electron chi connectivity index (χ3n) is 3.41. The van der Waals surface area contributed by atoms with Crippen LogP contribution in [0.3, 0.4) is 0 Å². The molecule has 0 atom stereocenters. The van der Waals surface area contributed by atoms with Crippen molar-refractivity contribution in [2.45, 2.75) is 0 Å². The zero-order valence-corrected chi connectivity index (χ0v) is 11.7. The average Bonchev–Trinajstić information content (AvgIpc) is 2.62. The highest BCUT2D eigenvalue weighted by Gasteiger charge is 2.07. The fraction of sp³-hybridized carbons (Fsp3) is 0. The maximum atomic E-state index is 11.4. The minimum Gasteiger partial charge on any atom is -0.288 e. The molecule has 1 aromatic heterocycles. The van der Waals surface area contributed by atoms with Crippen molar-refractivity contribution in [1.29, 1.82) is 0 Å². The highest BCUT2D eigenvalue weighted by atomic mass is 16.5. The van der Waals surface area contributed by atoms with Gasteiger partial charge in [0, 0.05) is 17.3 Å². The number of benzene rings is 2. The number of carbonyl (C=O) groups excluding carboxylic acids is 1. The standard InChI is InChI=1S/C18H14N2O2/c21-18(20-22)16-10-11-19-17(12-16)15-8-6-14(7-9-15)13-4-2-1-3-5-13/h1-12,22H,(H,20,21). The van der Waals surface area contributed by atoms with E-state index < -0.39 is 5.91 Å². The molecule has 4 heteroatoms. The number of aromatic nitrogens is 1. The lowest BCUT2D eigenvalue weighted by atomic mass is 10.0. The van der Waals surface area contributed by atoms with Crippen LogP contribution in [0.1, 0.15) is 10.4 Å². The molecule has 3 aromatic rings. The molecule has 0 fully saturated rings. The fourth-order valence-corrected chi connectivity index (χ4v) is 2.26. The molecule has 1 amide bonds. The van der Waals surface area contributed by atoms with Crippen molar-refractivity contribution in [2.24, 2.45) is 0 Å². The molecular weight excluding hydrogens is 276 g/mol. The monoisotopic (exact) mass is 290 g/mol. The van der Waals surface area contributed by atoms with Crippen molar-refractivity contribution in [1.82, 2.24) is 10.5 Å². The molecule has 0 saturated heterocycles. The van der Waals surface area contributed by atoms with E-state index in [1.807, 2.05) is 42.5 Å². The minimum absolute atomic E-state index is 0.361. The first-order chi connectivity index (χ1) is 10.8. The first-order valence-corrected chi connectivity index (χ1v) is 6.84. The third kappa shape index (κ3) is 2.87. The number of hydrogen-bond donors (Lipinski definition) is 2. The molecule has 0 unspecified atom stereocenters. The van der Waals surface area contributed by atoms with Crippen molar-refractivity contribution < 1.29 is 10.0 Å². The van der Waals surface area contributed by atoms with Gasteiger partial charge < -0.3 is 0 Å². The van der Waals surface area contributed by atoms with Crippen molar-refractivity contribution in [3.05, 3.63) is 78.5 Å². The molecule has 0 aliphatic carbocycles. The summed E-state index contributed by atoms with van der Waals surface area (Å²) in [6.07, 6.45) is 1.55. The molecule has 1 heterocycles. The summed E-state index contributed by atoms with van der Waals surface area (Å²) in [4.78, 5) is 15.7. The van der Waals surface area contributed by atoms with Crippen molar-refractivity contribution in [2.75, 3.05) is 0 Å². The van der Waals surface area contributed by atoms with Gasteiger partial charge in [-0.3, -0.25) is 15.0 Å². The molecule has 4 nitrogen and oxygen atoms in total. The Morgan fingerprint density at radius 3 is 2.18 bits per heavy atom. The molecule has 0 aliphatic rings. The van der Waals surface area contributed by atoms with Gasteiger partial charge in [-0.2, -0.15) is 0 Å². The van der Waals surface area contributed by atoms with Crippen LogP contribution in [-0.4, -0.2) is 16.1 Å². The molecule has 2 N–H and O–H groups in total. The Kier molecular flexibility index (Phi) is 3.94. The van der Waals surface area contributed by atoms with Crippen LogP contribution < -0.4 is 5.48 Å². The van der Waals surface area contributed by atoms with E-state index in [4.69, 9.17) is 5.21 Å². The summed E-state index contributed by atoms with van der Waals surface area (Å²) in [6, 6.07) is 21.3. The van der Waals surface area contributed by atoms with E-state index in [9.17, 15) is 4.79 Å². The molecule has 0 bridgehead atoms. The molecular formula is C18H14N2O2. The second-order valence-electron chi connectivity index (χ2n) is 4.81. The van der Waals surface area contributed by atoms with Gasteiger partial charge in [0.25, 0.3) is 5.91 Å². The van der Waals surface area contributed by atoms with E-state index in [2.05, 4.69) is 17.1 Å². The Balaban J connectivity index is 1.92. The SMILES string of the molecule is O=C(NO)c1ccnc(-c2ccc(-c3ccccc3)cc2)c1. The summed E-state index contributed by atoms with van der Waals surface area (Å²) in [5.41, 5.74) is 5.84. The molecule has 3 rings (SSSR count). The smallest absolute Gasteiger partial charge is 0.274 e. The highest BCUT2D eigenvalue weighted by molar-refractivity contribution is 5.94. The first-order valence-electron chi connectivity index (χ1n) is 6.84.